The van der Waals surface area contributed by atoms with E-state index in [1.54, 1.807) is 18.2 Å². The van der Waals surface area contributed by atoms with E-state index in [9.17, 15) is 10.1 Å². The average Bonchev–Trinajstić information content (AvgIpc) is 3.51. The molecule has 10 heteroatoms. The van der Waals surface area contributed by atoms with Crippen LogP contribution in [-0.2, 0) is 23.6 Å². The van der Waals surface area contributed by atoms with Gasteiger partial charge in [-0.05, 0) is 49.2 Å². The van der Waals surface area contributed by atoms with Gasteiger partial charge in [0.15, 0.2) is 11.0 Å². The Morgan fingerprint density at radius 2 is 1.97 bits per heavy atom. The zero-order valence-electron chi connectivity index (χ0n) is 18.2. The third-order valence-electron chi connectivity index (χ3n) is 5.73. The number of nitriles is 1. The molecule has 0 amide bonds. The number of thioether (sulfide) groups is 1. The van der Waals surface area contributed by atoms with Gasteiger partial charge in [-0.2, -0.15) is 5.26 Å². The zero-order valence-corrected chi connectivity index (χ0v) is 19.8. The van der Waals surface area contributed by atoms with E-state index in [0.717, 1.165) is 30.8 Å². The SMILES string of the molecule is N#CCn1c(CSc2nnc(-c3ccc(Cl)cc3)n2C[C@H]2CCCO2)nc2ccccc2c1=O. The lowest BCUT2D eigenvalue weighted by Gasteiger charge is -2.15. The first-order valence-electron chi connectivity index (χ1n) is 10.9. The largest absolute Gasteiger partial charge is 0.376 e. The maximum absolute atomic E-state index is 13.0. The fourth-order valence-corrected chi connectivity index (χ4v) is 5.07. The molecule has 1 atom stereocenters. The van der Waals surface area contributed by atoms with E-state index in [-0.39, 0.29) is 18.2 Å². The summed E-state index contributed by atoms with van der Waals surface area (Å²) in [4.78, 5) is 17.6. The molecule has 172 valence electrons. The number of rotatable bonds is 7. The normalized spacial score (nSPS) is 15.6. The summed E-state index contributed by atoms with van der Waals surface area (Å²) in [7, 11) is 0. The molecule has 5 rings (SSSR count). The van der Waals surface area contributed by atoms with Gasteiger partial charge in [0.05, 0.1) is 35.4 Å². The molecule has 0 spiro atoms. The number of hydrogen-bond acceptors (Lipinski definition) is 7. The summed E-state index contributed by atoms with van der Waals surface area (Å²) in [6, 6.07) is 16.7. The van der Waals surface area contributed by atoms with Crippen LogP contribution in [0.1, 0.15) is 18.7 Å². The Labute approximate surface area is 205 Å². The average molecular weight is 493 g/mol. The van der Waals surface area contributed by atoms with Crippen molar-refractivity contribution in [2.45, 2.75) is 42.9 Å². The monoisotopic (exact) mass is 492 g/mol. The summed E-state index contributed by atoms with van der Waals surface area (Å²) < 4.78 is 9.35. The number of para-hydroxylation sites is 1. The topological polar surface area (TPSA) is 98.6 Å². The van der Waals surface area contributed by atoms with Crippen molar-refractivity contribution >= 4 is 34.3 Å². The van der Waals surface area contributed by atoms with Crippen LogP contribution < -0.4 is 5.56 Å². The lowest BCUT2D eigenvalue weighted by molar-refractivity contribution is 0.0953. The number of benzene rings is 2. The molecule has 0 saturated carbocycles. The van der Waals surface area contributed by atoms with Crippen LogP contribution in [0.3, 0.4) is 0 Å². The number of hydrogen-bond donors (Lipinski definition) is 0. The predicted octanol–water partition coefficient (Wildman–Crippen LogP) is 4.30. The molecule has 1 aliphatic rings. The molecule has 1 saturated heterocycles. The van der Waals surface area contributed by atoms with Gasteiger partial charge in [0.25, 0.3) is 5.56 Å². The van der Waals surface area contributed by atoms with Crippen molar-refractivity contribution in [3.63, 3.8) is 0 Å². The Morgan fingerprint density at radius 1 is 1.15 bits per heavy atom. The molecular weight excluding hydrogens is 472 g/mol. The van der Waals surface area contributed by atoms with Crippen LogP contribution in [0, 0.1) is 11.3 Å². The summed E-state index contributed by atoms with van der Waals surface area (Å²) in [5, 5.41) is 20.0. The molecule has 0 bridgehead atoms. The molecule has 1 fully saturated rings. The van der Waals surface area contributed by atoms with E-state index in [2.05, 4.69) is 25.8 Å². The van der Waals surface area contributed by atoms with E-state index in [0.29, 0.717) is 39.2 Å². The first-order valence-corrected chi connectivity index (χ1v) is 12.3. The van der Waals surface area contributed by atoms with Crippen LogP contribution in [0.25, 0.3) is 22.3 Å². The highest BCUT2D eigenvalue weighted by molar-refractivity contribution is 7.98. The fourth-order valence-electron chi connectivity index (χ4n) is 4.05. The van der Waals surface area contributed by atoms with Crippen LogP contribution in [0.4, 0.5) is 0 Å². The lowest BCUT2D eigenvalue weighted by Crippen LogP contribution is -2.24. The van der Waals surface area contributed by atoms with Crippen molar-refractivity contribution in [2.24, 2.45) is 0 Å². The van der Waals surface area contributed by atoms with Crippen LogP contribution in [0.15, 0.2) is 58.5 Å². The third kappa shape index (κ3) is 4.57. The minimum absolute atomic E-state index is 0.0643. The smallest absolute Gasteiger partial charge is 0.262 e. The van der Waals surface area contributed by atoms with Crippen LogP contribution in [0.5, 0.6) is 0 Å². The van der Waals surface area contributed by atoms with Gasteiger partial charge in [-0.15, -0.1) is 10.2 Å². The molecule has 3 heterocycles. The number of aromatic nitrogens is 5. The molecule has 4 aromatic rings. The summed E-state index contributed by atoms with van der Waals surface area (Å²) in [5.74, 6) is 1.62. The van der Waals surface area contributed by atoms with Gasteiger partial charge in [0, 0.05) is 17.2 Å². The Kier molecular flexibility index (Phi) is 6.63. The number of halogens is 1. The number of ether oxygens (including phenoxy) is 1. The number of nitrogens with zero attached hydrogens (tertiary/aromatic N) is 6. The van der Waals surface area contributed by atoms with Crippen LogP contribution >= 0.6 is 23.4 Å². The Morgan fingerprint density at radius 3 is 2.74 bits per heavy atom. The van der Waals surface area contributed by atoms with Crippen molar-refractivity contribution in [3.05, 3.63) is 69.7 Å². The van der Waals surface area contributed by atoms with Crippen LogP contribution in [-0.4, -0.2) is 37.0 Å². The van der Waals surface area contributed by atoms with Crippen molar-refractivity contribution in [2.75, 3.05) is 6.61 Å². The predicted molar refractivity (Wildman–Crippen MR) is 131 cm³/mol. The number of fused-ring (bicyclic) bond motifs is 1. The lowest BCUT2D eigenvalue weighted by atomic mass is 10.2. The Hall–Kier alpha value is -3.19. The fraction of sp³-hybridized carbons (Fsp3) is 0.292. The van der Waals surface area contributed by atoms with Gasteiger partial charge in [-0.25, -0.2) is 4.98 Å². The molecule has 34 heavy (non-hydrogen) atoms. The molecular formula is C24H21ClN6O2S. The molecule has 2 aromatic heterocycles. The molecule has 0 unspecified atom stereocenters. The van der Waals surface area contributed by atoms with Gasteiger partial charge >= 0.3 is 0 Å². The van der Waals surface area contributed by atoms with E-state index >= 15 is 0 Å². The van der Waals surface area contributed by atoms with Gasteiger partial charge in [0.2, 0.25) is 0 Å². The molecule has 1 aliphatic heterocycles. The highest BCUT2D eigenvalue weighted by atomic mass is 35.5. The quantitative estimate of drug-likeness (QED) is 0.354. The minimum atomic E-state index is -0.217. The second-order valence-electron chi connectivity index (χ2n) is 7.94. The minimum Gasteiger partial charge on any atom is -0.376 e. The summed E-state index contributed by atoms with van der Waals surface area (Å²) in [6.45, 7) is 1.32. The van der Waals surface area contributed by atoms with Crippen molar-refractivity contribution < 1.29 is 4.74 Å². The van der Waals surface area contributed by atoms with Crippen molar-refractivity contribution in [1.82, 2.24) is 24.3 Å². The highest BCUT2D eigenvalue weighted by Gasteiger charge is 2.22. The second kappa shape index (κ2) is 9.97. The third-order valence-corrected chi connectivity index (χ3v) is 6.94. The van der Waals surface area contributed by atoms with Gasteiger partial charge in [0.1, 0.15) is 12.4 Å². The molecule has 0 radical (unpaired) electrons. The Bertz CT molecular complexity index is 1420. The van der Waals surface area contributed by atoms with Crippen molar-refractivity contribution in [1.29, 1.82) is 5.26 Å². The van der Waals surface area contributed by atoms with Gasteiger partial charge in [-0.3, -0.25) is 13.9 Å². The maximum atomic E-state index is 13.0. The maximum Gasteiger partial charge on any atom is 0.262 e. The second-order valence-corrected chi connectivity index (χ2v) is 9.32. The van der Waals surface area contributed by atoms with Gasteiger partial charge in [-0.1, -0.05) is 35.5 Å². The summed E-state index contributed by atoms with van der Waals surface area (Å²) >= 11 is 7.50. The van der Waals surface area contributed by atoms with E-state index in [1.165, 1.54) is 16.3 Å². The summed E-state index contributed by atoms with van der Waals surface area (Å²) in [6.07, 6.45) is 2.11. The highest BCUT2D eigenvalue weighted by Crippen LogP contribution is 2.29. The van der Waals surface area contributed by atoms with E-state index < -0.39 is 0 Å². The first-order chi connectivity index (χ1) is 16.6. The summed E-state index contributed by atoms with van der Waals surface area (Å²) in [5.41, 5.74) is 1.30. The first kappa shape index (κ1) is 22.6. The van der Waals surface area contributed by atoms with Gasteiger partial charge < -0.3 is 4.74 Å². The standard InChI is InChI=1S/C24H21ClN6O2S/c25-17-9-7-16(8-10-17)22-28-29-24(31(22)14-18-4-3-13-33-18)34-15-21-27-20-6-2-1-5-19(20)23(32)30(21)12-11-26/h1-2,5-10,18H,3-4,12-15H2/t18-/m1/s1. The molecule has 2 aromatic carbocycles. The Balaban J connectivity index is 1.49. The van der Waals surface area contributed by atoms with E-state index in [4.69, 9.17) is 16.3 Å². The molecule has 0 aliphatic carbocycles. The van der Waals surface area contributed by atoms with Crippen molar-refractivity contribution in [3.8, 4) is 17.5 Å². The van der Waals surface area contributed by atoms with E-state index in [1.807, 2.05) is 30.3 Å². The zero-order chi connectivity index (χ0) is 23.5. The van der Waals surface area contributed by atoms with Crippen LogP contribution in [0.2, 0.25) is 5.02 Å². The molecule has 0 N–H and O–H groups in total. The molecule has 8 nitrogen and oxygen atoms in total.